The fourth-order valence-electron chi connectivity index (χ4n) is 10.8. The lowest BCUT2D eigenvalue weighted by atomic mass is 9.43. The molecule has 10 atom stereocenters. The fraction of sp³-hybridized carbons (Fsp3) is 0.767. The molecule has 0 amide bonds. The monoisotopic (exact) mass is 667 g/mol. The Labute approximate surface area is 294 Å². The maximum atomic E-state index is 13.6. The normalized spacial score (nSPS) is 36.1. The van der Waals surface area contributed by atoms with Crippen molar-refractivity contribution in [2.24, 2.45) is 46.3 Å². The third kappa shape index (κ3) is 8.24. The summed E-state index contributed by atoms with van der Waals surface area (Å²) in [5.41, 5.74) is 1.80. The number of esters is 2. The van der Waals surface area contributed by atoms with Crippen LogP contribution in [0.2, 0.25) is 0 Å². The van der Waals surface area contributed by atoms with E-state index in [9.17, 15) is 9.59 Å². The van der Waals surface area contributed by atoms with Crippen LogP contribution in [0, 0.1) is 46.3 Å². The Morgan fingerprint density at radius 3 is 2.31 bits per heavy atom. The molecule has 4 saturated carbocycles. The smallest absolute Gasteiger partial charge is 0.338 e. The van der Waals surface area contributed by atoms with Crippen molar-refractivity contribution in [3.63, 3.8) is 0 Å². The van der Waals surface area contributed by atoms with E-state index in [1.54, 1.807) is 0 Å². The van der Waals surface area contributed by atoms with Crippen LogP contribution in [-0.2, 0) is 19.0 Å². The Morgan fingerprint density at radius 2 is 1.65 bits per heavy atom. The average Bonchev–Trinajstić information content (AvgIpc) is 3.43. The Hall–Kier alpha value is -2.14. The minimum absolute atomic E-state index is 0. The summed E-state index contributed by atoms with van der Waals surface area (Å²) in [5, 5.41) is 0. The Bertz CT molecular complexity index is 1210. The zero-order chi connectivity index (χ0) is 34.4. The van der Waals surface area contributed by atoms with E-state index in [0.29, 0.717) is 47.7 Å². The van der Waals surface area contributed by atoms with Gasteiger partial charge in [-0.3, -0.25) is 0 Å². The van der Waals surface area contributed by atoms with Crippen molar-refractivity contribution in [3.05, 3.63) is 47.5 Å². The van der Waals surface area contributed by atoms with Gasteiger partial charge in [-0.25, -0.2) is 9.59 Å². The van der Waals surface area contributed by atoms with Crippen LogP contribution in [0.25, 0.3) is 0 Å². The van der Waals surface area contributed by atoms with Crippen molar-refractivity contribution in [3.8, 4) is 0 Å². The van der Waals surface area contributed by atoms with E-state index in [2.05, 4.69) is 40.7 Å². The van der Waals surface area contributed by atoms with Crippen LogP contribution >= 0.6 is 0 Å². The summed E-state index contributed by atoms with van der Waals surface area (Å²) in [4.78, 5) is 25.7. The van der Waals surface area contributed by atoms with Gasteiger partial charge in [0.25, 0.3) is 0 Å². The number of hydrogen-bond acceptors (Lipinski definition) is 5. The van der Waals surface area contributed by atoms with Crippen LogP contribution < -0.4 is 0 Å². The molecule has 5 rings (SSSR count). The van der Waals surface area contributed by atoms with E-state index < -0.39 is 0 Å². The molecular weight excluding hydrogens is 596 g/mol. The van der Waals surface area contributed by atoms with Crippen molar-refractivity contribution >= 4 is 11.9 Å². The zero-order valence-corrected chi connectivity index (χ0v) is 31.2. The molecule has 0 saturated heterocycles. The van der Waals surface area contributed by atoms with Gasteiger partial charge in [0.1, 0.15) is 6.10 Å². The molecule has 1 aromatic rings. The molecule has 1 aromatic carbocycles. The number of rotatable bonds is 11. The minimum atomic E-state index is -0.198. The second-order valence-corrected chi connectivity index (χ2v) is 15.9. The number of ether oxygens (including phenoxy) is 3. The summed E-state index contributed by atoms with van der Waals surface area (Å²) >= 11 is 0. The van der Waals surface area contributed by atoms with Crippen molar-refractivity contribution < 1.29 is 23.8 Å². The predicted octanol–water partition coefficient (Wildman–Crippen LogP) is 11.3. The van der Waals surface area contributed by atoms with Crippen LogP contribution in [-0.4, -0.2) is 36.9 Å². The standard InChI is InChI=1S/C40H60O5.C2H6.CH4/c1-8-24-44-38(5)22-23-39(6)30(26-38)25-34(45-37(42)29-16-11-10-12-17-29)35-32-19-18-31(40(32,7)21-20-33(35)39)27(3)14-13-15-28(4)36(41)43-9-2;1-2;/h10-12,15-17,27,30-35H,8-9,13-14,18-26H2,1-7H3;1-2H3;1H4/b28-15+;;/t27-,30+,31?,32?,33?,34-,35?,38?,39?,40?;;/m1../s1. The number of benzene rings is 1. The molecule has 4 aliphatic rings. The molecule has 4 fully saturated rings. The molecule has 0 aromatic heterocycles. The number of allylic oxidation sites excluding steroid dienone is 1. The molecule has 272 valence electrons. The maximum Gasteiger partial charge on any atom is 0.338 e. The highest BCUT2D eigenvalue weighted by Gasteiger charge is 2.64. The summed E-state index contributed by atoms with van der Waals surface area (Å²) in [6, 6.07) is 9.59. The minimum Gasteiger partial charge on any atom is -0.463 e. The first-order valence-corrected chi connectivity index (χ1v) is 19.2. The van der Waals surface area contributed by atoms with E-state index in [1.807, 2.05) is 58.0 Å². The SMILES string of the molecule is C.CC.CCCOC1(C)CCC2(C)C3CCC4(C)C(CCC4[C@H](C)CC/C=C(\C)C(=O)OCC)C3[C@H](OC(=O)c3ccccc3)C[C@H]2C1. The summed E-state index contributed by atoms with van der Waals surface area (Å²) in [5.74, 6) is 2.90. The van der Waals surface area contributed by atoms with Gasteiger partial charge >= 0.3 is 11.9 Å². The third-order valence-electron chi connectivity index (χ3n) is 13.3. The number of carbonyl (C=O) groups is 2. The molecule has 0 heterocycles. The molecule has 7 unspecified atom stereocenters. The molecule has 0 bridgehead atoms. The second kappa shape index (κ2) is 17.2. The molecule has 5 nitrogen and oxygen atoms in total. The summed E-state index contributed by atoms with van der Waals surface area (Å²) in [6.07, 6.45) is 14.3. The van der Waals surface area contributed by atoms with Gasteiger partial charge < -0.3 is 14.2 Å². The summed E-state index contributed by atoms with van der Waals surface area (Å²) in [7, 11) is 0. The molecule has 48 heavy (non-hydrogen) atoms. The largest absolute Gasteiger partial charge is 0.463 e. The van der Waals surface area contributed by atoms with Gasteiger partial charge in [0.05, 0.1) is 17.8 Å². The Balaban J connectivity index is 0.00000204. The van der Waals surface area contributed by atoms with E-state index in [0.717, 1.165) is 50.7 Å². The molecule has 0 radical (unpaired) electrons. The second-order valence-electron chi connectivity index (χ2n) is 15.9. The van der Waals surface area contributed by atoms with Gasteiger partial charge in [-0.1, -0.05) is 73.2 Å². The Morgan fingerprint density at radius 1 is 0.958 bits per heavy atom. The molecule has 0 spiro atoms. The van der Waals surface area contributed by atoms with Gasteiger partial charge in [0.15, 0.2) is 0 Å². The lowest BCUT2D eigenvalue weighted by Gasteiger charge is -2.64. The molecule has 0 aliphatic heterocycles. The number of fused-ring (bicyclic) bond motifs is 5. The van der Waals surface area contributed by atoms with Crippen molar-refractivity contribution in [1.29, 1.82) is 0 Å². The van der Waals surface area contributed by atoms with Crippen molar-refractivity contribution in [2.45, 2.75) is 152 Å². The molecule has 4 aliphatic carbocycles. The summed E-state index contributed by atoms with van der Waals surface area (Å²) < 4.78 is 18.3. The first kappa shape index (κ1) is 40.3. The number of carbonyl (C=O) groups excluding carboxylic acids is 2. The van der Waals surface area contributed by atoms with Gasteiger partial charge in [-0.05, 0) is 144 Å². The van der Waals surface area contributed by atoms with Crippen LogP contribution in [0.3, 0.4) is 0 Å². The highest BCUT2D eigenvalue weighted by atomic mass is 16.5. The van der Waals surface area contributed by atoms with E-state index in [1.165, 1.54) is 32.1 Å². The van der Waals surface area contributed by atoms with Crippen LogP contribution in [0.4, 0.5) is 0 Å². The molecule has 5 heteroatoms. The molecular formula is C43H70O5. The van der Waals surface area contributed by atoms with Crippen LogP contribution in [0.1, 0.15) is 151 Å². The van der Waals surface area contributed by atoms with Gasteiger partial charge in [-0.15, -0.1) is 0 Å². The highest BCUT2D eigenvalue weighted by molar-refractivity contribution is 5.89. The summed E-state index contributed by atoms with van der Waals surface area (Å²) in [6.45, 7) is 21.1. The number of hydrogen-bond donors (Lipinski definition) is 0. The van der Waals surface area contributed by atoms with Crippen molar-refractivity contribution in [2.75, 3.05) is 13.2 Å². The lowest BCUT2D eigenvalue weighted by Crippen LogP contribution is -2.60. The topological polar surface area (TPSA) is 61.8 Å². The first-order chi connectivity index (χ1) is 22.5. The molecule has 0 N–H and O–H groups in total. The van der Waals surface area contributed by atoms with Gasteiger partial charge in [-0.2, -0.15) is 0 Å². The third-order valence-corrected chi connectivity index (χ3v) is 13.3. The van der Waals surface area contributed by atoms with E-state index in [-0.39, 0.29) is 41.9 Å². The Kier molecular flexibility index (Phi) is 14.4. The van der Waals surface area contributed by atoms with Crippen LogP contribution in [0.5, 0.6) is 0 Å². The van der Waals surface area contributed by atoms with Gasteiger partial charge in [0.2, 0.25) is 0 Å². The van der Waals surface area contributed by atoms with Crippen LogP contribution in [0.15, 0.2) is 42.0 Å². The zero-order valence-electron chi connectivity index (χ0n) is 31.2. The fourth-order valence-corrected chi connectivity index (χ4v) is 10.8. The predicted molar refractivity (Wildman–Crippen MR) is 198 cm³/mol. The maximum absolute atomic E-state index is 13.6. The van der Waals surface area contributed by atoms with Gasteiger partial charge in [0, 0.05) is 18.1 Å². The average molecular weight is 667 g/mol. The van der Waals surface area contributed by atoms with E-state index in [4.69, 9.17) is 14.2 Å². The quantitative estimate of drug-likeness (QED) is 0.174. The van der Waals surface area contributed by atoms with E-state index >= 15 is 0 Å². The highest BCUT2D eigenvalue weighted by Crippen LogP contribution is 2.69. The first-order valence-electron chi connectivity index (χ1n) is 19.2. The lowest BCUT2D eigenvalue weighted by molar-refractivity contribution is -0.195. The van der Waals surface area contributed by atoms with Crippen molar-refractivity contribution in [1.82, 2.24) is 0 Å².